The molecule has 3 aromatic carbocycles. The van der Waals surface area contributed by atoms with Crippen LogP contribution in [-0.2, 0) is 0 Å². The Bertz CT molecular complexity index is 913. The van der Waals surface area contributed by atoms with E-state index >= 15 is 0 Å². The van der Waals surface area contributed by atoms with Crippen molar-refractivity contribution in [1.29, 1.82) is 0 Å². The molecule has 5 rings (SSSR count). The van der Waals surface area contributed by atoms with Crippen molar-refractivity contribution in [3.63, 3.8) is 0 Å². The predicted octanol–water partition coefficient (Wildman–Crippen LogP) is 5.55. The zero-order valence-electron chi connectivity index (χ0n) is 14.0. The van der Waals surface area contributed by atoms with Gasteiger partial charge >= 0.3 is 0 Å². The van der Waals surface area contributed by atoms with Crippen molar-refractivity contribution in [1.82, 2.24) is 0 Å². The molecule has 25 heavy (non-hydrogen) atoms. The van der Waals surface area contributed by atoms with E-state index in [1.165, 1.54) is 16.7 Å². The van der Waals surface area contributed by atoms with Crippen LogP contribution in [0.4, 0.5) is 0 Å². The number of rotatable bonds is 3. The van der Waals surface area contributed by atoms with E-state index in [2.05, 4.69) is 54.6 Å². The summed E-state index contributed by atoms with van der Waals surface area (Å²) in [6.45, 7) is 0. The minimum atomic E-state index is 0.0460. The molecule has 0 N–H and O–H groups in total. The van der Waals surface area contributed by atoms with E-state index in [-0.39, 0.29) is 11.8 Å². The van der Waals surface area contributed by atoms with Crippen LogP contribution in [0, 0.1) is 5.92 Å². The normalized spacial score (nSPS) is 26.4. The van der Waals surface area contributed by atoms with Crippen molar-refractivity contribution in [3.05, 3.63) is 107 Å². The van der Waals surface area contributed by atoms with Crippen molar-refractivity contribution in [2.75, 3.05) is 0 Å². The van der Waals surface area contributed by atoms with Crippen LogP contribution in [0.15, 0.2) is 84.9 Å². The smallest absolute Gasteiger partial charge is 0.167 e. The van der Waals surface area contributed by atoms with Crippen molar-refractivity contribution in [2.24, 2.45) is 5.92 Å². The third-order valence-electron chi connectivity index (χ3n) is 6.10. The van der Waals surface area contributed by atoms with Gasteiger partial charge in [0.05, 0.1) is 0 Å². The highest BCUT2D eigenvalue weighted by Gasteiger charge is 2.53. The van der Waals surface area contributed by atoms with Gasteiger partial charge in [-0.05, 0) is 34.9 Å². The maximum atomic E-state index is 13.4. The van der Waals surface area contributed by atoms with E-state index in [0.29, 0.717) is 17.6 Å². The van der Waals surface area contributed by atoms with Gasteiger partial charge in [0.15, 0.2) is 5.78 Å². The number of ketones is 1. The molecule has 2 aliphatic carbocycles. The second-order valence-electron chi connectivity index (χ2n) is 7.27. The first-order valence-electron chi connectivity index (χ1n) is 9.07. The molecule has 0 aliphatic heterocycles. The number of benzene rings is 3. The molecule has 0 heterocycles. The molecule has 1 heteroatoms. The topological polar surface area (TPSA) is 17.1 Å². The zero-order valence-corrected chi connectivity index (χ0v) is 14.0. The maximum absolute atomic E-state index is 13.4. The van der Waals surface area contributed by atoms with Crippen molar-refractivity contribution in [3.8, 4) is 0 Å². The number of carbonyl (C=O) groups excluding carboxylic acids is 1. The van der Waals surface area contributed by atoms with Crippen molar-refractivity contribution in [2.45, 2.75) is 24.2 Å². The summed E-state index contributed by atoms with van der Waals surface area (Å²) < 4.78 is 0. The second kappa shape index (κ2) is 5.70. The largest absolute Gasteiger partial charge is 0.294 e. The third-order valence-corrected chi connectivity index (χ3v) is 6.10. The van der Waals surface area contributed by atoms with E-state index < -0.39 is 0 Å². The lowest BCUT2D eigenvalue weighted by Crippen LogP contribution is -2.27. The maximum Gasteiger partial charge on any atom is 0.167 e. The highest BCUT2D eigenvalue weighted by atomic mass is 16.1. The van der Waals surface area contributed by atoms with Gasteiger partial charge in [-0.2, -0.15) is 0 Å². The molecule has 0 spiro atoms. The lowest BCUT2D eigenvalue weighted by Gasteiger charge is -2.32. The van der Waals surface area contributed by atoms with Gasteiger partial charge in [-0.1, -0.05) is 84.9 Å². The summed E-state index contributed by atoms with van der Waals surface area (Å²) in [4.78, 5) is 13.4. The summed E-state index contributed by atoms with van der Waals surface area (Å²) in [5.74, 6) is 1.44. The number of Topliss-reactive ketones (excluding diaryl/α,β-unsaturated/α-hetero) is 1. The van der Waals surface area contributed by atoms with E-state index in [0.717, 1.165) is 12.0 Å². The Morgan fingerprint density at radius 2 is 1.24 bits per heavy atom. The second-order valence-corrected chi connectivity index (χ2v) is 7.27. The molecule has 2 bridgehead atoms. The fourth-order valence-electron chi connectivity index (χ4n) is 5.15. The Balaban J connectivity index is 1.64. The predicted molar refractivity (Wildman–Crippen MR) is 100.0 cm³/mol. The molecule has 1 saturated carbocycles. The van der Waals surface area contributed by atoms with Gasteiger partial charge in [0.2, 0.25) is 0 Å². The first-order chi connectivity index (χ1) is 12.3. The number of fused-ring (bicyclic) bond motifs is 5. The highest BCUT2D eigenvalue weighted by Crippen LogP contribution is 2.63. The van der Waals surface area contributed by atoms with Gasteiger partial charge in [0.1, 0.15) is 0 Å². The monoisotopic (exact) mass is 324 g/mol. The average Bonchev–Trinajstić information content (AvgIpc) is 3.26. The number of hydrogen-bond donors (Lipinski definition) is 0. The molecule has 0 unspecified atom stereocenters. The van der Waals surface area contributed by atoms with Crippen molar-refractivity contribution >= 4 is 5.78 Å². The molecule has 3 aromatic rings. The third kappa shape index (κ3) is 2.19. The van der Waals surface area contributed by atoms with Crippen LogP contribution in [0.1, 0.15) is 51.2 Å². The summed E-state index contributed by atoms with van der Waals surface area (Å²) >= 11 is 0. The molecular formula is C24H20O. The molecule has 4 atom stereocenters. The van der Waals surface area contributed by atoms with E-state index in [9.17, 15) is 4.79 Å². The molecule has 0 aromatic heterocycles. The van der Waals surface area contributed by atoms with Crippen LogP contribution in [0.25, 0.3) is 0 Å². The minimum Gasteiger partial charge on any atom is -0.294 e. The summed E-state index contributed by atoms with van der Waals surface area (Å²) in [6, 6.07) is 29.2. The first-order valence-corrected chi connectivity index (χ1v) is 9.07. The molecular weight excluding hydrogens is 304 g/mol. The standard InChI is InChI=1S/C24H20O/c25-24(17-11-5-2-6-12-17)23-21-15-20(18-13-7-8-14-19(18)21)22(23)16-9-3-1-4-10-16/h1-14,20-23H,15H2/t20-,21+,22-,23+/m1/s1. The van der Waals surface area contributed by atoms with Crippen LogP contribution in [0.2, 0.25) is 0 Å². The molecule has 2 aliphatic rings. The molecule has 0 radical (unpaired) electrons. The van der Waals surface area contributed by atoms with Gasteiger partial charge in [-0.3, -0.25) is 4.79 Å². The van der Waals surface area contributed by atoms with Gasteiger partial charge in [0.25, 0.3) is 0 Å². The zero-order chi connectivity index (χ0) is 16.8. The Labute approximate surface area is 148 Å². The minimum absolute atomic E-state index is 0.0460. The molecule has 122 valence electrons. The number of hydrogen-bond acceptors (Lipinski definition) is 1. The Kier molecular flexibility index (Phi) is 3.34. The van der Waals surface area contributed by atoms with Crippen LogP contribution >= 0.6 is 0 Å². The first kappa shape index (κ1) is 14.7. The quantitative estimate of drug-likeness (QED) is 0.577. The van der Waals surface area contributed by atoms with Crippen molar-refractivity contribution < 1.29 is 4.79 Å². The van der Waals surface area contributed by atoms with Crippen LogP contribution in [0.3, 0.4) is 0 Å². The Morgan fingerprint density at radius 3 is 1.92 bits per heavy atom. The van der Waals surface area contributed by atoms with Gasteiger partial charge < -0.3 is 0 Å². The summed E-state index contributed by atoms with van der Waals surface area (Å²) in [6.07, 6.45) is 1.10. The number of carbonyl (C=O) groups is 1. The fraction of sp³-hybridized carbons (Fsp3) is 0.208. The summed E-state index contributed by atoms with van der Waals surface area (Å²) in [5.41, 5.74) is 5.00. The summed E-state index contributed by atoms with van der Waals surface area (Å²) in [5, 5.41) is 0. The SMILES string of the molecule is O=C(c1ccccc1)[C@@H]1[C@H](c2ccccc2)[C@@H]2C[C@H]1c1ccccc12. The lowest BCUT2D eigenvalue weighted by atomic mass is 9.70. The molecule has 1 nitrogen and oxygen atoms in total. The highest BCUT2D eigenvalue weighted by molar-refractivity contribution is 5.99. The van der Waals surface area contributed by atoms with Crippen LogP contribution < -0.4 is 0 Å². The Morgan fingerprint density at radius 1 is 0.680 bits per heavy atom. The lowest BCUT2D eigenvalue weighted by molar-refractivity contribution is 0.0894. The molecule has 1 fully saturated rings. The van der Waals surface area contributed by atoms with E-state index in [1.807, 2.05) is 30.3 Å². The van der Waals surface area contributed by atoms with E-state index in [4.69, 9.17) is 0 Å². The summed E-state index contributed by atoms with van der Waals surface area (Å²) in [7, 11) is 0. The fourth-order valence-corrected chi connectivity index (χ4v) is 5.15. The Hall–Kier alpha value is -2.67. The molecule has 0 amide bonds. The van der Waals surface area contributed by atoms with Gasteiger partial charge in [0, 0.05) is 17.4 Å². The van der Waals surface area contributed by atoms with Gasteiger partial charge in [-0.15, -0.1) is 0 Å². The van der Waals surface area contributed by atoms with Crippen LogP contribution in [0.5, 0.6) is 0 Å². The molecule has 0 saturated heterocycles. The van der Waals surface area contributed by atoms with Crippen LogP contribution in [-0.4, -0.2) is 5.78 Å². The average molecular weight is 324 g/mol. The van der Waals surface area contributed by atoms with Gasteiger partial charge in [-0.25, -0.2) is 0 Å². The van der Waals surface area contributed by atoms with E-state index in [1.54, 1.807) is 0 Å².